The van der Waals surface area contributed by atoms with Gasteiger partial charge in [0.2, 0.25) is 5.91 Å². The van der Waals surface area contributed by atoms with Crippen molar-refractivity contribution in [2.45, 2.75) is 25.8 Å². The van der Waals surface area contributed by atoms with Gasteiger partial charge in [0, 0.05) is 6.54 Å². The molecule has 2 aromatic heterocycles. The standard InChI is InChI=1S/C13H16N4OS2/c1-4-14-11(18)7-19-12-6-5-10(16-17-12)13-8(2)15-9(3)20-13/h5-6H,4,7H2,1-3H3,(H,14,18). The third-order valence-corrected chi connectivity index (χ3v) is 4.52. The number of thiazole rings is 1. The zero-order valence-electron chi connectivity index (χ0n) is 11.6. The molecular formula is C13H16N4OS2. The van der Waals surface area contributed by atoms with E-state index in [9.17, 15) is 4.79 Å². The van der Waals surface area contributed by atoms with Gasteiger partial charge in [0.05, 0.1) is 21.3 Å². The number of hydrogen-bond acceptors (Lipinski definition) is 6. The summed E-state index contributed by atoms with van der Waals surface area (Å²) >= 11 is 3.00. The molecule has 0 spiro atoms. The first kappa shape index (κ1) is 14.9. The van der Waals surface area contributed by atoms with Crippen LogP contribution in [0, 0.1) is 13.8 Å². The summed E-state index contributed by atoms with van der Waals surface area (Å²) in [6.45, 7) is 6.49. The zero-order valence-corrected chi connectivity index (χ0v) is 13.3. The van der Waals surface area contributed by atoms with Crippen LogP contribution in [0.1, 0.15) is 17.6 Å². The van der Waals surface area contributed by atoms with Gasteiger partial charge in [0.1, 0.15) is 10.7 Å². The first-order valence-corrected chi connectivity index (χ1v) is 8.08. The minimum absolute atomic E-state index is 0.0114. The highest BCUT2D eigenvalue weighted by Gasteiger charge is 2.10. The minimum Gasteiger partial charge on any atom is -0.356 e. The normalized spacial score (nSPS) is 10.6. The fraction of sp³-hybridized carbons (Fsp3) is 0.385. The number of carbonyl (C=O) groups excluding carboxylic acids is 1. The number of hydrogen-bond donors (Lipinski definition) is 1. The first-order chi connectivity index (χ1) is 9.60. The van der Waals surface area contributed by atoms with Crippen molar-refractivity contribution >= 4 is 29.0 Å². The van der Waals surface area contributed by atoms with Crippen molar-refractivity contribution in [1.82, 2.24) is 20.5 Å². The van der Waals surface area contributed by atoms with Crippen molar-refractivity contribution in [2.75, 3.05) is 12.3 Å². The molecular weight excluding hydrogens is 292 g/mol. The van der Waals surface area contributed by atoms with Crippen LogP contribution < -0.4 is 5.32 Å². The molecule has 0 aliphatic rings. The van der Waals surface area contributed by atoms with Crippen LogP contribution in [0.5, 0.6) is 0 Å². The molecule has 0 saturated heterocycles. The fourth-order valence-corrected chi connectivity index (χ4v) is 3.20. The second-order valence-corrected chi connectivity index (χ2v) is 6.35. The molecule has 1 amide bonds. The van der Waals surface area contributed by atoms with Gasteiger partial charge in [-0.2, -0.15) is 0 Å². The van der Waals surface area contributed by atoms with Crippen molar-refractivity contribution in [3.63, 3.8) is 0 Å². The average molecular weight is 308 g/mol. The van der Waals surface area contributed by atoms with Crippen LogP contribution >= 0.6 is 23.1 Å². The number of carbonyl (C=O) groups is 1. The smallest absolute Gasteiger partial charge is 0.230 e. The molecule has 0 aliphatic carbocycles. The highest BCUT2D eigenvalue weighted by molar-refractivity contribution is 7.99. The minimum atomic E-state index is 0.0114. The molecule has 5 nitrogen and oxygen atoms in total. The van der Waals surface area contributed by atoms with Crippen molar-refractivity contribution in [3.05, 3.63) is 22.8 Å². The van der Waals surface area contributed by atoms with Crippen LogP contribution in [0.3, 0.4) is 0 Å². The highest BCUT2D eigenvalue weighted by atomic mass is 32.2. The third kappa shape index (κ3) is 3.77. The molecule has 0 radical (unpaired) electrons. The third-order valence-electron chi connectivity index (χ3n) is 2.50. The predicted octanol–water partition coefficient (Wildman–Crippen LogP) is 2.45. The molecule has 20 heavy (non-hydrogen) atoms. The SMILES string of the molecule is CCNC(=O)CSc1ccc(-c2sc(C)nc2C)nn1. The Morgan fingerprint density at radius 1 is 1.35 bits per heavy atom. The Morgan fingerprint density at radius 2 is 2.15 bits per heavy atom. The summed E-state index contributed by atoms with van der Waals surface area (Å²) in [5, 5.41) is 12.9. The van der Waals surface area contributed by atoms with E-state index < -0.39 is 0 Å². The molecule has 0 fully saturated rings. The van der Waals surface area contributed by atoms with Crippen LogP contribution in [0.2, 0.25) is 0 Å². The number of aromatic nitrogens is 3. The van der Waals surface area contributed by atoms with E-state index in [-0.39, 0.29) is 5.91 Å². The van der Waals surface area contributed by atoms with Gasteiger partial charge >= 0.3 is 0 Å². The van der Waals surface area contributed by atoms with E-state index in [0.717, 1.165) is 26.3 Å². The van der Waals surface area contributed by atoms with Gasteiger partial charge in [-0.05, 0) is 32.9 Å². The van der Waals surface area contributed by atoms with Gasteiger partial charge in [0.25, 0.3) is 0 Å². The largest absolute Gasteiger partial charge is 0.356 e. The summed E-state index contributed by atoms with van der Waals surface area (Å²) in [5.74, 6) is 0.373. The molecule has 0 atom stereocenters. The van der Waals surface area contributed by atoms with Crippen LogP contribution in [-0.4, -0.2) is 33.4 Å². The van der Waals surface area contributed by atoms with Crippen LogP contribution in [0.4, 0.5) is 0 Å². The summed E-state index contributed by atoms with van der Waals surface area (Å²) in [5.41, 5.74) is 1.81. The fourth-order valence-electron chi connectivity index (χ4n) is 1.67. The molecule has 0 saturated carbocycles. The number of nitrogens with one attached hydrogen (secondary N) is 1. The van der Waals surface area contributed by atoms with Gasteiger partial charge in [-0.15, -0.1) is 21.5 Å². The lowest BCUT2D eigenvalue weighted by Gasteiger charge is -2.02. The Hall–Kier alpha value is -1.47. The van der Waals surface area contributed by atoms with Gasteiger partial charge in [-0.3, -0.25) is 4.79 Å². The Labute approximate surface area is 126 Å². The predicted molar refractivity (Wildman–Crippen MR) is 82.0 cm³/mol. The molecule has 106 valence electrons. The number of thioether (sulfide) groups is 1. The van der Waals surface area contributed by atoms with Gasteiger partial charge < -0.3 is 5.32 Å². The van der Waals surface area contributed by atoms with Crippen LogP contribution in [-0.2, 0) is 4.79 Å². The lowest BCUT2D eigenvalue weighted by Crippen LogP contribution is -2.24. The Kier molecular flexibility index (Phi) is 5.08. The van der Waals surface area contributed by atoms with E-state index in [4.69, 9.17) is 0 Å². The topological polar surface area (TPSA) is 67.8 Å². The highest BCUT2D eigenvalue weighted by Crippen LogP contribution is 2.28. The molecule has 7 heteroatoms. The molecule has 0 bridgehead atoms. The molecule has 0 aromatic carbocycles. The Bertz CT molecular complexity index is 595. The molecule has 2 rings (SSSR count). The van der Waals surface area contributed by atoms with E-state index in [2.05, 4.69) is 20.5 Å². The Morgan fingerprint density at radius 3 is 2.70 bits per heavy atom. The molecule has 2 heterocycles. The average Bonchev–Trinajstić information content (AvgIpc) is 2.76. The second kappa shape index (κ2) is 6.81. The van der Waals surface area contributed by atoms with Gasteiger partial charge in [0.15, 0.2) is 0 Å². The van der Waals surface area contributed by atoms with Crippen molar-refractivity contribution in [1.29, 1.82) is 0 Å². The number of nitrogens with zero attached hydrogens (tertiary/aromatic N) is 3. The number of rotatable bonds is 5. The lowest BCUT2D eigenvalue weighted by molar-refractivity contribution is -0.118. The molecule has 0 aliphatic heterocycles. The van der Waals surface area contributed by atoms with E-state index in [1.54, 1.807) is 11.3 Å². The molecule has 0 unspecified atom stereocenters. The maximum absolute atomic E-state index is 11.4. The van der Waals surface area contributed by atoms with Crippen LogP contribution in [0.15, 0.2) is 17.2 Å². The maximum atomic E-state index is 11.4. The summed E-state index contributed by atoms with van der Waals surface area (Å²) in [6, 6.07) is 3.81. The van der Waals surface area contributed by atoms with Crippen LogP contribution in [0.25, 0.3) is 10.6 Å². The monoisotopic (exact) mass is 308 g/mol. The maximum Gasteiger partial charge on any atom is 0.230 e. The van der Waals surface area contributed by atoms with E-state index in [0.29, 0.717) is 12.3 Å². The van der Waals surface area contributed by atoms with Gasteiger partial charge in [-0.1, -0.05) is 11.8 Å². The Balaban J connectivity index is 2.03. The van der Waals surface area contributed by atoms with E-state index >= 15 is 0 Å². The van der Waals surface area contributed by atoms with E-state index in [1.165, 1.54) is 11.8 Å². The number of aryl methyl sites for hydroxylation is 2. The lowest BCUT2D eigenvalue weighted by atomic mass is 10.3. The van der Waals surface area contributed by atoms with Crippen molar-refractivity contribution in [2.24, 2.45) is 0 Å². The van der Waals surface area contributed by atoms with E-state index in [1.807, 2.05) is 32.9 Å². The summed E-state index contributed by atoms with van der Waals surface area (Å²) in [6.07, 6.45) is 0. The molecule has 2 aromatic rings. The number of amides is 1. The second-order valence-electron chi connectivity index (χ2n) is 4.15. The molecule has 1 N–H and O–H groups in total. The summed E-state index contributed by atoms with van der Waals surface area (Å²) < 4.78 is 0. The quantitative estimate of drug-likeness (QED) is 0.859. The van der Waals surface area contributed by atoms with Gasteiger partial charge in [-0.25, -0.2) is 4.98 Å². The first-order valence-electron chi connectivity index (χ1n) is 6.27. The zero-order chi connectivity index (χ0) is 14.5. The summed E-state index contributed by atoms with van der Waals surface area (Å²) in [7, 11) is 0. The van der Waals surface area contributed by atoms with Crippen molar-refractivity contribution < 1.29 is 4.79 Å². The summed E-state index contributed by atoms with van der Waals surface area (Å²) in [4.78, 5) is 16.8. The van der Waals surface area contributed by atoms with Crippen molar-refractivity contribution in [3.8, 4) is 10.6 Å².